The van der Waals surface area contributed by atoms with E-state index in [1.165, 1.54) is 8.61 Å². The highest BCUT2D eigenvalue weighted by molar-refractivity contribution is 7.86. The largest absolute Gasteiger partial charge is 0.314 e. The Labute approximate surface area is 118 Å². The molecule has 0 unspecified atom stereocenters. The van der Waals surface area contributed by atoms with Crippen molar-refractivity contribution >= 4 is 10.2 Å². The Balaban J connectivity index is 4.40. The third-order valence-electron chi connectivity index (χ3n) is 2.66. The van der Waals surface area contributed by atoms with Gasteiger partial charge in [0, 0.05) is 26.2 Å². The van der Waals surface area contributed by atoms with Gasteiger partial charge in [0.15, 0.2) is 0 Å². The van der Waals surface area contributed by atoms with Gasteiger partial charge in [-0.05, 0) is 19.4 Å². The Hall–Kier alpha value is -0.610. The maximum absolute atomic E-state index is 12.3. The Morgan fingerprint density at radius 3 is 2.42 bits per heavy atom. The Morgan fingerprint density at radius 2 is 1.95 bits per heavy atom. The predicted molar refractivity (Wildman–Crippen MR) is 80.0 cm³/mol. The molecule has 0 aliphatic heterocycles. The second kappa shape index (κ2) is 9.32. The summed E-state index contributed by atoms with van der Waals surface area (Å²) in [5.41, 5.74) is 0. The Morgan fingerprint density at radius 1 is 1.32 bits per heavy atom. The molecule has 0 fully saturated rings. The van der Waals surface area contributed by atoms with Crippen LogP contribution in [0.3, 0.4) is 0 Å². The number of nitrogens with zero attached hydrogens (tertiary/aromatic N) is 2. The van der Waals surface area contributed by atoms with Crippen LogP contribution >= 0.6 is 0 Å². The van der Waals surface area contributed by atoms with Crippen LogP contribution in [-0.4, -0.2) is 56.3 Å². The fraction of sp³-hybridized carbons (Fsp3) is 0.846. The monoisotopic (exact) mass is 289 g/mol. The van der Waals surface area contributed by atoms with Gasteiger partial charge in [-0.25, -0.2) is 0 Å². The molecule has 6 heteroatoms. The fourth-order valence-electron chi connectivity index (χ4n) is 1.63. The van der Waals surface area contributed by atoms with Crippen molar-refractivity contribution in [2.45, 2.75) is 39.7 Å². The molecule has 0 aromatic carbocycles. The van der Waals surface area contributed by atoms with Gasteiger partial charge in [-0.15, -0.1) is 6.42 Å². The summed E-state index contributed by atoms with van der Waals surface area (Å²) >= 11 is 0. The van der Waals surface area contributed by atoms with Crippen LogP contribution in [0, 0.1) is 12.3 Å². The zero-order chi connectivity index (χ0) is 14.9. The molecule has 0 saturated heterocycles. The molecule has 0 aromatic heterocycles. The fourth-order valence-corrected chi connectivity index (χ4v) is 3.04. The van der Waals surface area contributed by atoms with Gasteiger partial charge in [-0.1, -0.05) is 26.7 Å². The molecule has 0 amide bonds. The molecule has 0 radical (unpaired) electrons. The summed E-state index contributed by atoms with van der Waals surface area (Å²) in [4.78, 5) is 0. The average Bonchev–Trinajstić information content (AvgIpc) is 2.33. The zero-order valence-electron chi connectivity index (χ0n) is 12.5. The van der Waals surface area contributed by atoms with Crippen LogP contribution in [0.5, 0.6) is 0 Å². The van der Waals surface area contributed by atoms with Crippen molar-refractivity contribution in [1.29, 1.82) is 0 Å². The van der Waals surface area contributed by atoms with Crippen molar-refractivity contribution < 1.29 is 8.42 Å². The van der Waals surface area contributed by atoms with Crippen LogP contribution in [0.1, 0.15) is 33.6 Å². The SMILES string of the molecule is C#CCN(CCC)S(=O)(=O)N(C)CCCNC(C)C. The third-order valence-corrected chi connectivity index (χ3v) is 4.60. The first-order valence-electron chi connectivity index (χ1n) is 6.74. The van der Waals surface area contributed by atoms with E-state index in [4.69, 9.17) is 6.42 Å². The summed E-state index contributed by atoms with van der Waals surface area (Å²) in [5.74, 6) is 2.40. The molecule has 0 atom stereocenters. The summed E-state index contributed by atoms with van der Waals surface area (Å²) in [6.07, 6.45) is 6.76. The lowest BCUT2D eigenvalue weighted by Gasteiger charge is -2.25. The summed E-state index contributed by atoms with van der Waals surface area (Å²) in [6.45, 7) is 7.96. The number of hydrogen-bond acceptors (Lipinski definition) is 3. The molecule has 1 N–H and O–H groups in total. The highest BCUT2D eigenvalue weighted by Gasteiger charge is 2.25. The van der Waals surface area contributed by atoms with E-state index in [0.717, 1.165) is 19.4 Å². The molecule has 0 spiro atoms. The minimum absolute atomic E-state index is 0.130. The van der Waals surface area contributed by atoms with E-state index >= 15 is 0 Å². The topological polar surface area (TPSA) is 52.7 Å². The molecule has 0 aliphatic carbocycles. The van der Waals surface area contributed by atoms with Gasteiger partial charge in [0.25, 0.3) is 10.2 Å². The van der Waals surface area contributed by atoms with Crippen molar-refractivity contribution in [2.75, 3.05) is 33.2 Å². The molecule has 112 valence electrons. The molecule has 0 aliphatic rings. The quantitative estimate of drug-likeness (QED) is 0.480. The van der Waals surface area contributed by atoms with E-state index in [2.05, 4.69) is 25.1 Å². The molecule has 19 heavy (non-hydrogen) atoms. The summed E-state index contributed by atoms with van der Waals surface area (Å²) < 4.78 is 27.3. The standard InChI is InChI=1S/C13H27N3O2S/c1-6-10-16(11-7-2)19(17,18)15(5)12-8-9-14-13(3)4/h1,13-14H,7-12H2,2-5H3. The van der Waals surface area contributed by atoms with Crippen molar-refractivity contribution in [3.05, 3.63) is 0 Å². The lowest BCUT2D eigenvalue weighted by Crippen LogP contribution is -2.43. The number of nitrogens with one attached hydrogen (secondary N) is 1. The van der Waals surface area contributed by atoms with Gasteiger partial charge >= 0.3 is 0 Å². The van der Waals surface area contributed by atoms with Crippen LogP contribution in [-0.2, 0) is 10.2 Å². The smallest absolute Gasteiger partial charge is 0.282 e. The second-order valence-electron chi connectivity index (χ2n) is 4.83. The Kier molecular flexibility index (Phi) is 9.02. The normalized spacial score (nSPS) is 12.3. The first-order chi connectivity index (χ1) is 8.86. The van der Waals surface area contributed by atoms with Crippen molar-refractivity contribution in [1.82, 2.24) is 13.9 Å². The van der Waals surface area contributed by atoms with Crippen LogP contribution in [0.25, 0.3) is 0 Å². The van der Waals surface area contributed by atoms with Gasteiger partial charge in [0.2, 0.25) is 0 Å². The van der Waals surface area contributed by atoms with Crippen LogP contribution in [0.2, 0.25) is 0 Å². The predicted octanol–water partition coefficient (Wildman–Crippen LogP) is 0.896. The molecule has 0 bridgehead atoms. The lowest BCUT2D eigenvalue weighted by molar-refractivity contribution is 0.373. The number of hydrogen-bond donors (Lipinski definition) is 1. The van der Waals surface area contributed by atoms with E-state index in [1.54, 1.807) is 7.05 Å². The molecule has 0 heterocycles. The van der Waals surface area contributed by atoms with Crippen molar-refractivity contribution in [2.24, 2.45) is 0 Å². The minimum atomic E-state index is -3.43. The van der Waals surface area contributed by atoms with E-state index in [9.17, 15) is 8.42 Å². The first-order valence-corrected chi connectivity index (χ1v) is 8.14. The van der Waals surface area contributed by atoms with Gasteiger partial charge in [0.05, 0.1) is 6.54 Å². The maximum Gasteiger partial charge on any atom is 0.282 e. The molecule has 5 nitrogen and oxygen atoms in total. The molecular formula is C13H27N3O2S. The van der Waals surface area contributed by atoms with Crippen LogP contribution in [0.4, 0.5) is 0 Å². The van der Waals surface area contributed by atoms with Gasteiger partial charge in [0.1, 0.15) is 0 Å². The van der Waals surface area contributed by atoms with E-state index < -0.39 is 10.2 Å². The second-order valence-corrected chi connectivity index (χ2v) is 6.86. The highest BCUT2D eigenvalue weighted by atomic mass is 32.2. The lowest BCUT2D eigenvalue weighted by atomic mass is 10.3. The van der Waals surface area contributed by atoms with Gasteiger partial charge < -0.3 is 5.32 Å². The summed E-state index contributed by atoms with van der Waals surface area (Å²) in [7, 11) is -1.83. The number of terminal acetylenes is 1. The minimum Gasteiger partial charge on any atom is -0.314 e. The zero-order valence-corrected chi connectivity index (χ0v) is 13.3. The van der Waals surface area contributed by atoms with Crippen molar-refractivity contribution in [3.63, 3.8) is 0 Å². The third kappa shape index (κ3) is 6.92. The van der Waals surface area contributed by atoms with E-state index in [1.807, 2.05) is 6.92 Å². The Bertz CT molecular complexity index is 374. The van der Waals surface area contributed by atoms with E-state index in [0.29, 0.717) is 19.1 Å². The van der Waals surface area contributed by atoms with Crippen LogP contribution < -0.4 is 5.32 Å². The van der Waals surface area contributed by atoms with Gasteiger partial charge in [-0.3, -0.25) is 0 Å². The summed E-state index contributed by atoms with van der Waals surface area (Å²) in [5, 5.41) is 3.26. The average molecular weight is 289 g/mol. The van der Waals surface area contributed by atoms with Crippen molar-refractivity contribution in [3.8, 4) is 12.3 Å². The maximum atomic E-state index is 12.3. The first kappa shape index (κ1) is 18.4. The molecule has 0 rings (SSSR count). The number of rotatable bonds is 10. The highest BCUT2D eigenvalue weighted by Crippen LogP contribution is 2.07. The van der Waals surface area contributed by atoms with Gasteiger partial charge in [-0.2, -0.15) is 17.0 Å². The summed E-state index contributed by atoms with van der Waals surface area (Å²) in [6, 6.07) is 0.417. The van der Waals surface area contributed by atoms with Crippen LogP contribution in [0.15, 0.2) is 0 Å². The molecular weight excluding hydrogens is 262 g/mol. The molecule has 0 aromatic rings. The molecule has 0 saturated carbocycles. The van der Waals surface area contributed by atoms with E-state index in [-0.39, 0.29) is 6.54 Å².